The van der Waals surface area contributed by atoms with Crippen LogP contribution < -0.4 is 16.0 Å². The van der Waals surface area contributed by atoms with Crippen molar-refractivity contribution in [3.8, 4) is 0 Å². The summed E-state index contributed by atoms with van der Waals surface area (Å²) in [6.07, 6.45) is -4.60. The zero-order valence-corrected chi connectivity index (χ0v) is 19.0. The van der Waals surface area contributed by atoms with E-state index >= 15 is 0 Å². The second kappa shape index (κ2) is 11.5. The van der Waals surface area contributed by atoms with Crippen molar-refractivity contribution in [2.45, 2.75) is 26.9 Å². The molecule has 0 atom stereocenters. The number of nitrogens with zero attached hydrogens (tertiary/aromatic N) is 1. The molecule has 0 aliphatic heterocycles. The topological polar surface area (TPSA) is 90.5 Å². The number of anilines is 2. The third kappa shape index (κ3) is 7.46. The van der Waals surface area contributed by atoms with Crippen molar-refractivity contribution in [3.63, 3.8) is 0 Å². The molecule has 7 nitrogen and oxygen atoms in total. The number of hydrogen-bond donors (Lipinski definition) is 3. The number of halogens is 4. The molecule has 3 N–H and O–H groups in total. The highest BCUT2D eigenvalue weighted by molar-refractivity contribution is 5.97. The van der Waals surface area contributed by atoms with Gasteiger partial charge >= 0.3 is 6.18 Å². The maximum atomic E-state index is 14.2. The first-order valence-electron chi connectivity index (χ1n) is 10.5. The molecule has 0 unspecified atom stereocenters. The molecule has 0 bridgehead atoms. The minimum atomic E-state index is -4.60. The fraction of sp³-hybridized carbons (Fsp3) is 0.348. The van der Waals surface area contributed by atoms with Crippen LogP contribution in [0.1, 0.15) is 40.1 Å². The SMILES string of the molecule is CCN(CC)C(=O)c1ccc(NC(=O)CNc2cc(C(=O)NCC(F)(F)F)cc(F)c2C)cc1. The van der Waals surface area contributed by atoms with E-state index in [2.05, 4.69) is 10.6 Å². The highest BCUT2D eigenvalue weighted by Gasteiger charge is 2.28. The monoisotopic (exact) mass is 482 g/mol. The van der Waals surface area contributed by atoms with E-state index < -0.39 is 30.4 Å². The average Bonchev–Trinajstić information content (AvgIpc) is 2.79. The van der Waals surface area contributed by atoms with Crippen LogP contribution in [0.2, 0.25) is 0 Å². The van der Waals surface area contributed by atoms with Gasteiger partial charge in [-0.15, -0.1) is 0 Å². The van der Waals surface area contributed by atoms with Crippen LogP contribution in [0.15, 0.2) is 36.4 Å². The Morgan fingerprint density at radius 1 is 0.971 bits per heavy atom. The molecule has 0 aromatic heterocycles. The molecule has 3 amide bonds. The van der Waals surface area contributed by atoms with Gasteiger partial charge in [0.05, 0.1) is 6.54 Å². The fourth-order valence-electron chi connectivity index (χ4n) is 3.05. The first-order valence-corrected chi connectivity index (χ1v) is 10.5. The van der Waals surface area contributed by atoms with Gasteiger partial charge in [-0.2, -0.15) is 13.2 Å². The first kappa shape index (κ1) is 26.6. The number of carbonyl (C=O) groups is 3. The van der Waals surface area contributed by atoms with Crippen LogP contribution in [-0.4, -0.2) is 55.0 Å². The van der Waals surface area contributed by atoms with Gasteiger partial charge in [-0.1, -0.05) is 0 Å². The number of rotatable bonds is 9. The van der Waals surface area contributed by atoms with Gasteiger partial charge in [0.2, 0.25) is 5.91 Å². The molecule has 2 rings (SSSR count). The Bertz CT molecular complexity index is 1040. The van der Waals surface area contributed by atoms with Gasteiger partial charge in [0.15, 0.2) is 0 Å². The second-order valence-corrected chi connectivity index (χ2v) is 7.39. The van der Waals surface area contributed by atoms with Gasteiger partial charge in [0.1, 0.15) is 12.4 Å². The van der Waals surface area contributed by atoms with Crippen LogP contribution in [0.3, 0.4) is 0 Å². The van der Waals surface area contributed by atoms with Crippen LogP contribution in [-0.2, 0) is 4.79 Å². The second-order valence-electron chi connectivity index (χ2n) is 7.39. The van der Waals surface area contributed by atoms with E-state index in [1.165, 1.54) is 13.0 Å². The predicted octanol–water partition coefficient (Wildman–Crippen LogP) is 3.96. The molecule has 0 aliphatic rings. The van der Waals surface area contributed by atoms with Crippen molar-refractivity contribution in [3.05, 3.63) is 58.9 Å². The summed E-state index contributed by atoms with van der Waals surface area (Å²) in [4.78, 5) is 38.2. The van der Waals surface area contributed by atoms with Gasteiger partial charge in [0.25, 0.3) is 11.8 Å². The number of amides is 3. The molecule has 2 aromatic carbocycles. The Balaban J connectivity index is 2.01. The van der Waals surface area contributed by atoms with E-state index in [4.69, 9.17) is 0 Å². The van der Waals surface area contributed by atoms with E-state index in [1.54, 1.807) is 34.5 Å². The Hall–Kier alpha value is -3.63. The molecule has 11 heteroatoms. The molecule has 0 radical (unpaired) electrons. The molecule has 0 saturated carbocycles. The lowest BCUT2D eigenvalue weighted by Gasteiger charge is -2.18. The lowest BCUT2D eigenvalue weighted by molar-refractivity contribution is -0.123. The molecule has 0 aliphatic carbocycles. The van der Waals surface area contributed by atoms with E-state index in [0.29, 0.717) is 24.3 Å². The Labute approximate surface area is 194 Å². The van der Waals surface area contributed by atoms with Crippen molar-refractivity contribution in [2.75, 3.05) is 36.8 Å². The standard InChI is InChI=1S/C23H26F4N4O3/c1-4-31(5-2)22(34)15-6-8-17(9-7-15)30-20(32)12-28-19-11-16(10-18(24)14(19)3)21(33)29-13-23(25,26)27/h6-11,28H,4-5,12-13H2,1-3H3,(H,29,33)(H,30,32). The summed E-state index contributed by atoms with van der Waals surface area (Å²) in [5.74, 6) is -2.52. The number of nitrogens with one attached hydrogen (secondary N) is 3. The number of hydrogen-bond acceptors (Lipinski definition) is 4. The quantitative estimate of drug-likeness (QED) is 0.472. The van der Waals surface area contributed by atoms with Crippen molar-refractivity contribution in [1.82, 2.24) is 10.2 Å². The summed E-state index contributed by atoms with van der Waals surface area (Å²) in [7, 11) is 0. The van der Waals surface area contributed by atoms with Crippen LogP contribution >= 0.6 is 0 Å². The summed E-state index contributed by atoms with van der Waals surface area (Å²) in [6, 6.07) is 8.33. The Morgan fingerprint density at radius 3 is 2.15 bits per heavy atom. The first-order chi connectivity index (χ1) is 15.9. The largest absolute Gasteiger partial charge is 0.405 e. The smallest absolute Gasteiger partial charge is 0.376 e. The van der Waals surface area contributed by atoms with Crippen molar-refractivity contribution >= 4 is 29.1 Å². The summed E-state index contributed by atoms with van der Waals surface area (Å²) < 4.78 is 51.1. The molecule has 34 heavy (non-hydrogen) atoms. The van der Waals surface area contributed by atoms with Gasteiger partial charge in [-0.25, -0.2) is 4.39 Å². The molecule has 0 saturated heterocycles. The van der Waals surface area contributed by atoms with Crippen LogP contribution in [0.5, 0.6) is 0 Å². The highest BCUT2D eigenvalue weighted by atomic mass is 19.4. The predicted molar refractivity (Wildman–Crippen MR) is 120 cm³/mol. The maximum absolute atomic E-state index is 14.2. The molecule has 2 aromatic rings. The van der Waals surface area contributed by atoms with E-state index in [0.717, 1.165) is 6.07 Å². The summed E-state index contributed by atoms with van der Waals surface area (Å²) in [5.41, 5.74) is 0.785. The van der Waals surface area contributed by atoms with E-state index in [1.807, 2.05) is 13.8 Å². The summed E-state index contributed by atoms with van der Waals surface area (Å²) in [6.45, 7) is 4.45. The van der Waals surface area contributed by atoms with Crippen LogP contribution in [0.25, 0.3) is 0 Å². The third-order valence-electron chi connectivity index (χ3n) is 4.96. The fourth-order valence-corrected chi connectivity index (χ4v) is 3.05. The van der Waals surface area contributed by atoms with E-state index in [-0.39, 0.29) is 29.3 Å². The van der Waals surface area contributed by atoms with Crippen LogP contribution in [0.4, 0.5) is 28.9 Å². The van der Waals surface area contributed by atoms with Crippen molar-refractivity contribution in [2.24, 2.45) is 0 Å². The van der Waals surface area contributed by atoms with Gasteiger partial charge in [-0.05, 0) is 57.2 Å². The van der Waals surface area contributed by atoms with E-state index in [9.17, 15) is 31.9 Å². The molecular weight excluding hydrogens is 456 g/mol. The lowest BCUT2D eigenvalue weighted by atomic mass is 10.1. The average molecular weight is 482 g/mol. The zero-order valence-electron chi connectivity index (χ0n) is 19.0. The lowest BCUT2D eigenvalue weighted by Crippen LogP contribution is -2.33. The highest BCUT2D eigenvalue weighted by Crippen LogP contribution is 2.21. The summed E-state index contributed by atoms with van der Waals surface area (Å²) in [5, 5.41) is 6.98. The number of benzene rings is 2. The minimum Gasteiger partial charge on any atom is -0.376 e. The van der Waals surface area contributed by atoms with Crippen molar-refractivity contribution < 1.29 is 31.9 Å². The number of alkyl halides is 3. The molecule has 0 spiro atoms. The molecule has 0 heterocycles. The van der Waals surface area contributed by atoms with Gasteiger partial charge < -0.3 is 20.9 Å². The normalized spacial score (nSPS) is 11.0. The van der Waals surface area contributed by atoms with Crippen LogP contribution in [0, 0.1) is 12.7 Å². The summed E-state index contributed by atoms with van der Waals surface area (Å²) >= 11 is 0. The third-order valence-corrected chi connectivity index (χ3v) is 4.96. The maximum Gasteiger partial charge on any atom is 0.405 e. The number of carbonyl (C=O) groups excluding carboxylic acids is 3. The Morgan fingerprint density at radius 2 is 1.59 bits per heavy atom. The van der Waals surface area contributed by atoms with Crippen molar-refractivity contribution in [1.29, 1.82) is 0 Å². The molecule has 184 valence electrons. The minimum absolute atomic E-state index is 0.0903. The molecular formula is C23H26F4N4O3. The van der Waals surface area contributed by atoms with Gasteiger partial charge in [-0.3, -0.25) is 14.4 Å². The van der Waals surface area contributed by atoms with Gasteiger partial charge in [0, 0.05) is 41.2 Å². The zero-order chi connectivity index (χ0) is 25.5. The Kier molecular flexibility index (Phi) is 8.99. The molecule has 0 fully saturated rings.